The topological polar surface area (TPSA) is 127 Å². The van der Waals surface area contributed by atoms with Gasteiger partial charge in [0.05, 0.1) is 11.9 Å². The predicted octanol–water partition coefficient (Wildman–Crippen LogP) is 1.88. The zero-order valence-corrected chi connectivity index (χ0v) is 15.6. The Hall–Kier alpha value is -2.72. The highest BCUT2D eigenvalue weighted by Gasteiger charge is 2.54. The molecule has 0 spiro atoms. The van der Waals surface area contributed by atoms with Crippen molar-refractivity contribution in [1.29, 1.82) is 0 Å². The van der Waals surface area contributed by atoms with Gasteiger partial charge in [-0.25, -0.2) is 9.97 Å². The number of rotatable bonds is 5. The number of hydrogen-bond donors (Lipinski definition) is 4. The van der Waals surface area contributed by atoms with E-state index in [1.807, 2.05) is 0 Å². The molecule has 1 unspecified atom stereocenters. The molecule has 0 aliphatic heterocycles. The molecule has 7 nitrogen and oxygen atoms in total. The van der Waals surface area contributed by atoms with E-state index in [1.165, 1.54) is 12.3 Å². The molecule has 0 bridgehead atoms. The Morgan fingerprint density at radius 1 is 1.32 bits per heavy atom. The number of aryl methyl sites for hydroxylation is 1. The Bertz CT molecular complexity index is 886. The summed E-state index contributed by atoms with van der Waals surface area (Å²) >= 11 is 0. The van der Waals surface area contributed by atoms with Crippen LogP contribution in [0.25, 0.3) is 11.3 Å². The Balaban J connectivity index is 2.59. The first kappa shape index (κ1) is 21.6. The van der Waals surface area contributed by atoms with Crippen molar-refractivity contribution in [3.8, 4) is 11.3 Å². The van der Waals surface area contributed by atoms with E-state index in [1.54, 1.807) is 20.8 Å². The average Bonchev–Trinajstić information content (AvgIpc) is 2.60. The van der Waals surface area contributed by atoms with Gasteiger partial charge in [0, 0.05) is 18.2 Å². The van der Waals surface area contributed by atoms with Crippen LogP contribution in [0.2, 0.25) is 0 Å². The minimum atomic E-state index is -4.97. The van der Waals surface area contributed by atoms with Crippen molar-refractivity contribution in [1.82, 2.24) is 15.3 Å². The first-order valence-corrected chi connectivity index (χ1v) is 8.44. The highest BCUT2D eigenvalue weighted by atomic mass is 19.4. The van der Waals surface area contributed by atoms with Crippen molar-refractivity contribution in [2.24, 2.45) is 5.73 Å². The Morgan fingerprint density at radius 3 is 2.50 bits per heavy atom. The molecule has 2 rings (SSSR count). The van der Waals surface area contributed by atoms with Gasteiger partial charge in [-0.3, -0.25) is 4.79 Å². The molecule has 1 aromatic heterocycles. The van der Waals surface area contributed by atoms with Gasteiger partial charge in [-0.2, -0.15) is 13.2 Å². The Kier molecular flexibility index (Phi) is 5.95. The number of amides is 1. The number of aromatic nitrogens is 2. The summed E-state index contributed by atoms with van der Waals surface area (Å²) in [7, 11) is 0. The number of alkyl halides is 3. The molecule has 1 aromatic carbocycles. The van der Waals surface area contributed by atoms with Gasteiger partial charge in [0.1, 0.15) is 0 Å². The second kappa shape index (κ2) is 7.72. The zero-order chi connectivity index (χ0) is 21.3. The predicted molar refractivity (Wildman–Crippen MR) is 98.2 cm³/mol. The van der Waals surface area contributed by atoms with E-state index in [2.05, 4.69) is 15.3 Å². The molecule has 0 saturated heterocycles. The first-order valence-electron chi connectivity index (χ1n) is 8.44. The molecule has 0 fully saturated rings. The van der Waals surface area contributed by atoms with Gasteiger partial charge in [-0.15, -0.1) is 0 Å². The summed E-state index contributed by atoms with van der Waals surface area (Å²) in [6, 6.07) is 3.52. The van der Waals surface area contributed by atoms with E-state index in [0.29, 0.717) is 5.56 Å². The standard InChI is InChI=1S/C18H22F3N5O2/c1-9(2)25-16(27)14-15(23)24-7-13(26-14)12-6-11(5-4-10(12)3)17(28,8-22)18(19,20)21/h4-7,9,28H,8,22H2,1-3H3,(H2,23,24)(H,25,27). The quantitative estimate of drug-likeness (QED) is 0.610. The molecular formula is C18H22F3N5O2. The maximum absolute atomic E-state index is 13.3. The summed E-state index contributed by atoms with van der Waals surface area (Å²) < 4.78 is 40.0. The summed E-state index contributed by atoms with van der Waals surface area (Å²) in [4.78, 5) is 20.4. The Morgan fingerprint density at radius 2 is 1.96 bits per heavy atom. The third kappa shape index (κ3) is 4.07. The molecule has 0 aliphatic rings. The van der Waals surface area contributed by atoms with Crippen molar-refractivity contribution < 1.29 is 23.1 Å². The van der Waals surface area contributed by atoms with Crippen molar-refractivity contribution in [3.63, 3.8) is 0 Å². The average molecular weight is 397 g/mol. The summed E-state index contributed by atoms with van der Waals surface area (Å²) in [5.41, 5.74) is 8.12. The van der Waals surface area contributed by atoms with Crippen molar-refractivity contribution in [2.75, 3.05) is 12.3 Å². The van der Waals surface area contributed by atoms with Gasteiger partial charge in [-0.05, 0) is 38.0 Å². The summed E-state index contributed by atoms with van der Waals surface area (Å²) in [6.45, 7) is 4.11. The lowest BCUT2D eigenvalue weighted by atomic mass is 9.89. The molecule has 10 heteroatoms. The molecule has 2 aromatic rings. The lowest BCUT2D eigenvalue weighted by Gasteiger charge is -2.30. The van der Waals surface area contributed by atoms with Gasteiger partial charge in [0.25, 0.3) is 5.91 Å². The van der Waals surface area contributed by atoms with Crippen LogP contribution in [0.1, 0.15) is 35.5 Å². The van der Waals surface area contributed by atoms with Gasteiger partial charge in [0.2, 0.25) is 0 Å². The molecular weight excluding hydrogens is 375 g/mol. The van der Waals surface area contributed by atoms with Gasteiger partial charge >= 0.3 is 6.18 Å². The molecule has 6 N–H and O–H groups in total. The largest absolute Gasteiger partial charge is 0.422 e. The molecule has 0 saturated carbocycles. The second-order valence-electron chi connectivity index (χ2n) is 6.71. The summed E-state index contributed by atoms with van der Waals surface area (Å²) in [5, 5.41) is 12.7. The molecule has 0 aliphatic carbocycles. The number of aliphatic hydroxyl groups is 1. The number of carbonyl (C=O) groups is 1. The van der Waals surface area contributed by atoms with Crippen LogP contribution in [0.3, 0.4) is 0 Å². The van der Waals surface area contributed by atoms with Crippen molar-refractivity contribution >= 4 is 11.7 Å². The van der Waals surface area contributed by atoms with E-state index < -0.39 is 29.8 Å². The van der Waals surface area contributed by atoms with Gasteiger partial charge in [-0.1, -0.05) is 12.1 Å². The summed E-state index contributed by atoms with van der Waals surface area (Å²) in [5.74, 6) is -0.658. The highest BCUT2D eigenvalue weighted by Crippen LogP contribution is 2.39. The molecule has 28 heavy (non-hydrogen) atoms. The number of nitrogen functional groups attached to an aromatic ring is 1. The third-order valence-corrected chi connectivity index (χ3v) is 4.19. The van der Waals surface area contributed by atoms with Crippen LogP contribution in [0, 0.1) is 6.92 Å². The fourth-order valence-corrected chi connectivity index (χ4v) is 2.58. The number of carbonyl (C=O) groups excluding carboxylic acids is 1. The van der Waals surface area contributed by atoms with E-state index in [0.717, 1.165) is 12.1 Å². The van der Waals surface area contributed by atoms with E-state index in [-0.39, 0.29) is 28.8 Å². The third-order valence-electron chi connectivity index (χ3n) is 4.19. The maximum atomic E-state index is 13.3. The fraction of sp³-hybridized carbons (Fsp3) is 0.389. The second-order valence-corrected chi connectivity index (χ2v) is 6.71. The number of nitrogens with two attached hydrogens (primary N) is 2. The Labute approximate surface area is 160 Å². The van der Waals surface area contributed by atoms with Crippen LogP contribution >= 0.6 is 0 Å². The number of nitrogens with one attached hydrogen (secondary N) is 1. The normalized spacial score (nSPS) is 14.0. The number of halogens is 3. The minimum Gasteiger partial charge on any atom is -0.382 e. The number of benzene rings is 1. The number of nitrogens with zero attached hydrogens (tertiary/aromatic N) is 2. The van der Waals surface area contributed by atoms with Crippen LogP contribution in [0.4, 0.5) is 19.0 Å². The molecule has 1 atom stereocenters. The molecule has 0 radical (unpaired) electrons. The van der Waals surface area contributed by atoms with Crippen LogP contribution in [-0.2, 0) is 5.60 Å². The van der Waals surface area contributed by atoms with E-state index in [9.17, 15) is 23.1 Å². The molecule has 1 amide bonds. The van der Waals surface area contributed by atoms with Crippen LogP contribution in [-0.4, -0.2) is 39.7 Å². The summed E-state index contributed by atoms with van der Waals surface area (Å²) in [6.07, 6.45) is -3.72. The van der Waals surface area contributed by atoms with Crippen molar-refractivity contribution in [2.45, 2.75) is 38.6 Å². The number of anilines is 1. The number of hydrogen-bond acceptors (Lipinski definition) is 6. The zero-order valence-electron chi connectivity index (χ0n) is 15.6. The first-order chi connectivity index (χ1) is 12.9. The van der Waals surface area contributed by atoms with Crippen LogP contribution in [0.5, 0.6) is 0 Å². The minimum absolute atomic E-state index is 0.107. The molecule has 1 heterocycles. The van der Waals surface area contributed by atoms with Gasteiger partial charge in [0.15, 0.2) is 17.1 Å². The fourth-order valence-electron chi connectivity index (χ4n) is 2.58. The highest BCUT2D eigenvalue weighted by molar-refractivity contribution is 5.97. The smallest absolute Gasteiger partial charge is 0.382 e. The lowest BCUT2D eigenvalue weighted by Crippen LogP contribution is -2.48. The van der Waals surface area contributed by atoms with Crippen LogP contribution < -0.4 is 16.8 Å². The van der Waals surface area contributed by atoms with Gasteiger partial charge < -0.3 is 21.9 Å². The SMILES string of the molecule is Cc1ccc(C(O)(CN)C(F)(F)F)cc1-c1cnc(N)c(C(=O)NC(C)C)n1. The maximum Gasteiger partial charge on any atom is 0.422 e. The van der Waals surface area contributed by atoms with E-state index in [4.69, 9.17) is 11.5 Å². The monoisotopic (exact) mass is 397 g/mol. The van der Waals surface area contributed by atoms with E-state index >= 15 is 0 Å². The lowest BCUT2D eigenvalue weighted by molar-refractivity contribution is -0.262. The van der Waals surface area contributed by atoms with Crippen LogP contribution in [0.15, 0.2) is 24.4 Å². The van der Waals surface area contributed by atoms with Crippen molar-refractivity contribution in [3.05, 3.63) is 41.2 Å². The molecule has 152 valence electrons.